The van der Waals surface area contributed by atoms with Crippen molar-refractivity contribution in [1.82, 2.24) is 24.8 Å². The van der Waals surface area contributed by atoms with Crippen LogP contribution in [0.5, 0.6) is 23.0 Å². The molecule has 0 saturated carbocycles. The Hall–Kier alpha value is -4.87. The first-order valence-electron chi connectivity index (χ1n) is 11.9. The van der Waals surface area contributed by atoms with Gasteiger partial charge in [-0.05, 0) is 30.3 Å². The number of carbonyl (C=O) groups is 1. The van der Waals surface area contributed by atoms with Gasteiger partial charge in [-0.1, -0.05) is 12.1 Å². The summed E-state index contributed by atoms with van der Waals surface area (Å²) >= 11 is 0. The topological polar surface area (TPSA) is 138 Å². The molecule has 0 unspecified atom stereocenters. The molecular weight excluding hydrogens is 490 g/mol. The zero-order chi connectivity index (χ0) is 26.6. The third-order valence-corrected chi connectivity index (χ3v) is 6.19. The first-order chi connectivity index (χ1) is 18.5. The molecule has 12 heteroatoms. The normalized spacial score (nSPS) is 13.3. The van der Waals surface area contributed by atoms with Gasteiger partial charge in [0.25, 0.3) is 0 Å². The molecule has 1 fully saturated rings. The summed E-state index contributed by atoms with van der Waals surface area (Å²) in [6, 6.07) is 12.5. The van der Waals surface area contributed by atoms with Crippen LogP contribution in [-0.4, -0.2) is 78.4 Å². The molecule has 0 bridgehead atoms. The fraction of sp³-hybridized carbons (Fsp3) is 0.269. The fourth-order valence-corrected chi connectivity index (χ4v) is 4.23. The molecular formula is C26H27N7O5. The Morgan fingerprint density at radius 1 is 0.842 bits per heavy atom. The summed E-state index contributed by atoms with van der Waals surface area (Å²) in [4.78, 5) is 34.5. The van der Waals surface area contributed by atoms with Crippen LogP contribution in [0.1, 0.15) is 0 Å². The van der Waals surface area contributed by atoms with E-state index in [1.807, 2.05) is 29.2 Å². The molecule has 0 atom stereocenters. The second-order valence-electron chi connectivity index (χ2n) is 8.40. The number of carbonyl (C=O) groups excluding carboxylic acids is 1. The van der Waals surface area contributed by atoms with Crippen molar-refractivity contribution in [2.24, 2.45) is 0 Å². The second-order valence-corrected chi connectivity index (χ2v) is 8.40. The maximum Gasteiger partial charge on any atom is 0.415 e. The largest absolute Gasteiger partial charge is 0.493 e. The Labute approximate surface area is 218 Å². The van der Waals surface area contributed by atoms with Gasteiger partial charge in [-0.3, -0.25) is 0 Å². The summed E-state index contributed by atoms with van der Waals surface area (Å²) in [5.74, 6) is 2.71. The van der Waals surface area contributed by atoms with Crippen LogP contribution in [0.4, 0.5) is 16.6 Å². The summed E-state index contributed by atoms with van der Waals surface area (Å²) in [5.41, 5.74) is 8.30. The van der Waals surface area contributed by atoms with Gasteiger partial charge in [0.15, 0.2) is 40.0 Å². The van der Waals surface area contributed by atoms with Crippen LogP contribution in [0.3, 0.4) is 0 Å². The monoisotopic (exact) mass is 517 g/mol. The fourth-order valence-electron chi connectivity index (χ4n) is 4.23. The third kappa shape index (κ3) is 4.88. The second kappa shape index (κ2) is 10.6. The highest BCUT2D eigenvalue weighted by Crippen LogP contribution is 2.33. The number of fused-ring (bicyclic) bond motifs is 1. The molecule has 0 spiro atoms. The number of nitrogens with two attached hydrogens (primary N) is 1. The van der Waals surface area contributed by atoms with Crippen LogP contribution in [-0.2, 0) is 0 Å². The molecule has 38 heavy (non-hydrogen) atoms. The number of anilines is 2. The summed E-state index contributed by atoms with van der Waals surface area (Å²) in [6.07, 6.45) is 1.18. The Kier molecular flexibility index (Phi) is 6.94. The van der Waals surface area contributed by atoms with Gasteiger partial charge in [-0.25, -0.2) is 14.8 Å². The highest BCUT2D eigenvalue weighted by molar-refractivity contribution is 5.86. The molecule has 1 amide bonds. The van der Waals surface area contributed by atoms with E-state index in [2.05, 4.69) is 15.0 Å². The smallest absolute Gasteiger partial charge is 0.415 e. The Bertz CT molecular complexity index is 1470. The van der Waals surface area contributed by atoms with E-state index in [-0.39, 0.29) is 5.95 Å². The van der Waals surface area contributed by atoms with Gasteiger partial charge in [0, 0.05) is 31.7 Å². The quantitative estimate of drug-likeness (QED) is 0.404. The van der Waals surface area contributed by atoms with E-state index >= 15 is 0 Å². The number of rotatable bonds is 6. The van der Waals surface area contributed by atoms with Crippen LogP contribution in [0.2, 0.25) is 0 Å². The number of piperazine rings is 1. The highest BCUT2D eigenvalue weighted by atomic mass is 16.6. The maximum atomic E-state index is 12.8. The Morgan fingerprint density at radius 2 is 1.53 bits per heavy atom. The molecule has 3 heterocycles. The molecule has 4 aromatic rings. The van der Waals surface area contributed by atoms with Crippen LogP contribution < -0.4 is 29.6 Å². The SMILES string of the molecule is COc1ccc(-c2cnc3nc(N)nc(N4CCN(C(=O)Oc5ccccc5OC)CC4)c3n2)cc1OC. The lowest BCUT2D eigenvalue weighted by molar-refractivity contribution is 0.147. The third-order valence-electron chi connectivity index (χ3n) is 6.19. The predicted molar refractivity (Wildman–Crippen MR) is 141 cm³/mol. The Balaban J connectivity index is 1.37. The van der Waals surface area contributed by atoms with Crippen molar-refractivity contribution in [3.63, 3.8) is 0 Å². The molecule has 2 aromatic heterocycles. The molecule has 0 aliphatic carbocycles. The lowest BCUT2D eigenvalue weighted by Crippen LogP contribution is -2.50. The summed E-state index contributed by atoms with van der Waals surface area (Å²) in [5, 5.41) is 0. The van der Waals surface area contributed by atoms with Gasteiger partial charge in [-0.15, -0.1) is 0 Å². The zero-order valence-electron chi connectivity index (χ0n) is 21.2. The van der Waals surface area contributed by atoms with Crippen molar-refractivity contribution in [3.05, 3.63) is 48.7 Å². The Morgan fingerprint density at radius 3 is 2.24 bits per heavy atom. The van der Waals surface area contributed by atoms with Crippen LogP contribution in [0.15, 0.2) is 48.7 Å². The van der Waals surface area contributed by atoms with E-state index < -0.39 is 6.09 Å². The van der Waals surface area contributed by atoms with Gasteiger partial charge < -0.3 is 34.5 Å². The van der Waals surface area contributed by atoms with Gasteiger partial charge in [0.2, 0.25) is 5.95 Å². The van der Waals surface area contributed by atoms with E-state index in [0.29, 0.717) is 71.9 Å². The van der Waals surface area contributed by atoms with Crippen molar-refractivity contribution in [2.45, 2.75) is 0 Å². The number of aromatic nitrogens is 4. The minimum Gasteiger partial charge on any atom is -0.493 e. The summed E-state index contributed by atoms with van der Waals surface area (Å²) in [7, 11) is 4.69. The van der Waals surface area contributed by atoms with Crippen molar-refractivity contribution < 1.29 is 23.7 Å². The summed E-state index contributed by atoms with van der Waals surface area (Å²) < 4.78 is 21.6. The first-order valence-corrected chi connectivity index (χ1v) is 11.9. The standard InChI is InChI=1S/C26H27N7O5/c1-35-18-6-4-5-7-20(18)38-26(34)33-12-10-32(11-13-33)24-22-23(30-25(27)31-24)28-15-17(29-22)16-8-9-19(36-2)21(14-16)37-3/h4-9,14-15H,10-13H2,1-3H3,(H2,27,28,30,31). The van der Waals surface area contributed by atoms with Gasteiger partial charge >= 0.3 is 6.09 Å². The van der Waals surface area contributed by atoms with E-state index in [0.717, 1.165) is 5.56 Å². The van der Waals surface area contributed by atoms with E-state index in [1.165, 1.54) is 7.11 Å². The van der Waals surface area contributed by atoms with Crippen molar-refractivity contribution in [3.8, 4) is 34.3 Å². The van der Waals surface area contributed by atoms with E-state index in [1.54, 1.807) is 43.5 Å². The van der Waals surface area contributed by atoms with Gasteiger partial charge in [0.1, 0.15) is 0 Å². The minimum atomic E-state index is -0.447. The molecule has 1 aliphatic rings. The number of methoxy groups -OCH3 is 3. The van der Waals surface area contributed by atoms with Gasteiger partial charge in [-0.2, -0.15) is 9.97 Å². The highest BCUT2D eigenvalue weighted by Gasteiger charge is 2.26. The van der Waals surface area contributed by atoms with E-state index in [9.17, 15) is 4.79 Å². The number of amides is 1. The molecule has 196 valence electrons. The van der Waals surface area contributed by atoms with Crippen molar-refractivity contribution in [2.75, 3.05) is 58.1 Å². The molecule has 2 N–H and O–H groups in total. The first kappa shape index (κ1) is 24.8. The number of hydrogen-bond donors (Lipinski definition) is 1. The number of nitrogen functional groups attached to an aromatic ring is 1. The molecule has 1 saturated heterocycles. The van der Waals surface area contributed by atoms with E-state index in [4.69, 9.17) is 29.7 Å². The number of benzene rings is 2. The lowest BCUT2D eigenvalue weighted by Gasteiger charge is -2.34. The maximum absolute atomic E-state index is 12.8. The minimum absolute atomic E-state index is 0.0960. The molecule has 5 rings (SSSR count). The number of ether oxygens (including phenoxy) is 4. The van der Waals surface area contributed by atoms with Crippen molar-refractivity contribution >= 4 is 29.0 Å². The van der Waals surface area contributed by atoms with Crippen molar-refractivity contribution in [1.29, 1.82) is 0 Å². The number of hydrogen-bond acceptors (Lipinski definition) is 11. The van der Waals surface area contributed by atoms with Crippen LogP contribution in [0, 0.1) is 0 Å². The van der Waals surface area contributed by atoms with Gasteiger partial charge in [0.05, 0.1) is 33.2 Å². The molecule has 1 aliphatic heterocycles. The summed E-state index contributed by atoms with van der Waals surface area (Å²) in [6.45, 7) is 1.83. The average Bonchev–Trinajstić information content (AvgIpc) is 2.96. The van der Waals surface area contributed by atoms with Crippen LogP contribution in [0.25, 0.3) is 22.4 Å². The molecule has 0 radical (unpaired) electrons. The number of nitrogens with zero attached hydrogens (tertiary/aromatic N) is 6. The molecule has 2 aromatic carbocycles. The lowest BCUT2D eigenvalue weighted by atomic mass is 10.1. The predicted octanol–water partition coefficient (Wildman–Crippen LogP) is 3.02. The van der Waals surface area contributed by atoms with Crippen LogP contribution >= 0.6 is 0 Å². The average molecular weight is 518 g/mol. The molecule has 12 nitrogen and oxygen atoms in total. The zero-order valence-corrected chi connectivity index (χ0v) is 21.2. The number of para-hydroxylation sites is 2.